The van der Waals surface area contributed by atoms with E-state index in [-0.39, 0.29) is 11.1 Å². The Balaban J connectivity index is 2.36. The van der Waals surface area contributed by atoms with Crippen LogP contribution in [-0.2, 0) is 6.18 Å². The van der Waals surface area contributed by atoms with Crippen molar-refractivity contribution in [1.29, 1.82) is 0 Å². The first-order valence-electron chi connectivity index (χ1n) is 5.36. The van der Waals surface area contributed by atoms with Crippen LogP contribution in [-0.4, -0.2) is 19.9 Å². The molecule has 7 heteroatoms. The van der Waals surface area contributed by atoms with Crippen LogP contribution in [0.1, 0.15) is 5.56 Å². The molecule has 3 rings (SSSR count). The molecule has 3 aromatic rings. The number of alkyl halides is 3. The summed E-state index contributed by atoms with van der Waals surface area (Å²) in [6.45, 7) is 0. The first kappa shape index (κ1) is 11.6. The number of imidazole rings is 1. The van der Waals surface area contributed by atoms with Crippen molar-refractivity contribution in [1.82, 2.24) is 19.9 Å². The van der Waals surface area contributed by atoms with Gasteiger partial charge in [0.2, 0.25) is 0 Å². The number of rotatable bonds is 1. The number of hydrogen-bond acceptors (Lipinski definition) is 3. The Hall–Kier alpha value is -2.44. The van der Waals surface area contributed by atoms with Crippen molar-refractivity contribution < 1.29 is 13.2 Å². The van der Waals surface area contributed by atoms with Crippen molar-refractivity contribution >= 4 is 11.0 Å². The van der Waals surface area contributed by atoms with Crippen LogP contribution in [0.3, 0.4) is 0 Å². The molecular formula is C12H7F3N4. The summed E-state index contributed by atoms with van der Waals surface area (Å²) in [5.74, 6) is 0. The zero-order valence-electron chi connectivity index (χ0n) is 9.44. The van der Waals surface area contributed by atoms with Crippen LogP contribution in [0.5, 0.6) is 0 Å². The standard InChI is InChI=1S/C12H7F3N4/c13-12(14,15)10-8(7-3-16-5-17-4-7)1-2-9-11(10)19-6-18-9/h1-6H,(H,18,19). The van der Waals surface area contributed by atoms with Gasteiger partial charge in [-0.15, -0.1) is 0 Å². The molecule has 0 atom stereocenters. The summed E-state index contributed by atoms with van der Waals surface area (Å²) in [5, 5.41) is 0. The van der Waals surface area contributed by atoms with Gasteiger partial charge in [0.25, 0.3) is 0 Å². The molecule has 1 N–H and O–H groups in total. The number of nitrogens with zero attached hydrogens (tertiary/aromatic N) is 3. The minimum atomic E-state index is -4.50. The highest BCUT2D eigenvalue weighted by Gasteiger charge is 2.36. The lowest BCUT2D eigenvalue weighted by molar-refractivity contribution is -0.135. The molecule has 2 aromatic heterocycles. The first-order valence-corrected chi connectivity index (χ1v) is 5.36. The molecule has 1 aromatic carbocycles. The van der Waals surface area contributed by atoms with Gasteiger partial charge < -0.3 is 4.98 Å². The van der Waals surface area contributed by atoms with Crippen LogP contribution in [0.25, 0.3) is 22.2 Å². The summed E-state index contributed by atoms with van der Waals surface area (Å²) in [7, 11) is 0. The molecule has 0 fully saturated rings. The van der Waals surface area contributed by atoms with Gasteiger partial charge in [-0.25, -0.2) is 15.0 Å². The van der Waals surface area contributed by atoms with Crippen molar-refractivity contribution in [3.8, 4) is 11.1 Å². The maximum Gasteiger partial charge on any atom is 0.419 e. The molecule has 96 valence electrons. The van der Waals surface area contributed by atoms with Crippen LogP contribution in [0.2, 0.25) is 0 Å². The minimum Gasteiger partial charge on any atom is -0.345 e. The molecule has 0 unspecified atom stereocenters. The van der Waals surface area contributed by atoms with Crippen LogP contribution in [0.15, 0.2) is 37.2 Å². The predicted molar refractivity (Wildman–Crippen MR) is 62.1 cm³/mol. The molecule has 0 aliphatic rings. The summed E-state index contributed by atoms with van der Waals surface area (Å²) < 4.78 is 39.7. The number of fused-ring (bicyclic) bond motifs is 1. The number of nitrogens with one attached hydrogen (secondary N) is 1. The maximum absolute atomic E-state index is 13.2. The number of aromatic nitrogens is 4. The second-order valence-corrected chi connectivity index (χ2v) is 3.91. The largest absolute Gasteiger partial charge is 0.419 e. The van der Waals surface area contributed by atoms with E-state index in [0.29, 0.717) is 11.1 Å². The van der Waals surface area contributed by atoms with Gasteiger partial charge in [-0.2, -0.15) is 13.2 Å². The fraction of sp³-hybridized carbons (Fsp3) is 0.0833. The average molecular weight is 264 g/mol. The zero-order valence-corrected chi connectivity index (χ0v) is 9.44. The fourth-order valence-corrected chi connectivity index (χ4v) is 1.97. The number of halogens is 3. The summed E-state index contributed by atoms with van der Waals surface area (Å²) in [4.78, 5) is 13.9. The Kier molecular flexibility index (Phi) is 2.48. The topological polar surface area (TPSA) is 54.5 Å². The molecular weight excluding hydrogens is 257 g/mol. The Morgan fingerprint density at radius 2 is 1.79 bits per heavy atom. The monoisotopic (exact) mass is 264 g/mol. The quantitative estimate of drug-likeness (QED) is 0.735. The highest BCUT2D eigenvalue weighted by molar-refractivity contribution is 5.87. The highest BCUT2D eigenvalue weighted by Crippen LogP contribution is 2.40. The lowest BCUT2D eigenvalue weighted by Crippen LogP contribution is -2.08. The van der Waals surface area contributed by atoms with Crippen molar-refractivity contribution in [2.24, 2.45) is 0 Å². The molecule has 2 heterocycles. The van der Waals surface area contributed by atoms with Gasteiger partial charge in [0.15, 0.2) is 0 Å². The van der Waals surface area contributed by atoms with E-state index in [9.17, 15) is 13.2 Å². The SMILES string of the molecule is FC(F)(F)c1c(-c2cncnc2)ccc2[nH]cnc12. The molecule has 0 spiro atoms. The molecule has 0 aliphatic heterocycles. The summed E-state index contributed by atoms with van der Waals surface area (Å²) in [6, 6.07) is 2.95. The van der Waals surface area contributed by atoms with E-state index >= 15 is 0 Å². The molecule has 0 bridgehead atoms. The van der Waals surface area contributed by atoms with Crippen molar-refractivity contribution in [3.05, 3.63) is 42.7 Å². The van der Waals surface area contributed by atoms with E-state index in [1.54, 1.807) is 6.07 Å². The average Bonchev–Trinajstić information content (AvgIpc) is 2.85. The minimum absolute atomic E-state index is 0.0210. The first-order chi connectivity index (χ1) is 9.07. The van der Waals surface area contributed by atoms with E-state index < -0.39 is 11.7 Å². The van der Waals surface area contributed by atoms with Crippen LogP contribution < -0.4 is 0 Å². The number of aromatic amines is 1. The molecule has 19 heavy (non-hydrogen) atoms. The van der Waals surface area contributed by atoms with Crippen molar-refractivity contribution in [3.63, 3.8) is 0 Å². The molecule has 4 nitrogen and oxygen atoms in total. The third-order valence-corrected chi connectivity index (χ3v) is 2.75. The third-order valence-electron chi connectivity index (χ3n) is 2.75. The fourth-order valence-electron chi connectivity index (χ4n) is 1.97. The van der Waals surface area contributed by atoms with E-state index in [1.807, 2.05) is 0 Å². The Labute approximate surface area is 105 Å². The second kappa shape index (κ2) is 4.04. The van der Waals surface area contributed by atoms with E-state index in [2.05, 4.69) is 19.9 Å². The van der Waals surface area contributed by atoms with Gasteiger partial charge in [-0.3, -0.25) is 0 Å². The van der Waals surface area contributed by atoms with Gasteiger partial charge in [0, 0.05) is 18.0 Å². The Morgan fingerprint density at radius 1 is 1.05 bits per heavy atom. The van der Waals surface area contributed by atoms with Crippen LogP contribution in [0.4, 0.5) is 13.2 Å². The molecule has 0 saturated carbocycles. The Morgan fingerprint density at radius 3 is 2.47 bits per heavy atom. The van der Waals surface area contributed by atoms with E-state index in [4.69, 9.17) is 0 Å². The van der Waals surface area contributed by atoms with Crippen molar-refractivity contribution in [2.45, 2.75) is 6.18 Å². The number of hydrogen-bond donors (Lipinski definition) is 1. The summed E-state index contributed by atoms with van der Waals surface area (Å²) in [5.41, 5.74) is -0.213. The zero-order chi connectivity index (χ0) is 13.5. The van der Waals surface area contributed by atoms with E-state index in [1.165, 1.54) is 31.1 Å². The molecule has 0 radical (unpaired) electrons. The number of benzene rings is 1. The number of H-pyrrole nitrogens is 1. The lowest BCUT2D eigenvalue weighted by atomic mass is 10.00. The van der Waals surface area contributed by atoms with Gasteiger partial charge in [0.1, 0.15) is 11.8 Å². The van der Waals surface area contributed by atoms with Gasteiger partial charge >= 0.3 is 6.18 Å². The maximum atomic E-state index is 13.2. The predicted octanol–water partition coefficient (Wildman–Crippen LogP) is 3.04. The van der Waals surface area contributed by atoms with Gasteiger partial charge in [-0.1, -0.05) is 6.07 Å². The van der Waals surface area contributed by atoms with Gasteiger partial charge in [-0.05, 0) is 11.6 Å². The van der Waals surface area contributed by atoms with Gasteiger partial charge in [0.05, 0.1) is 17.4 Å². The smallest absolute Gasteiger partial charge is 0.345 e. The molecule has 0 amide bonds. The lowest BCUT2D eigenvalue weighted by Gasteiger charge is -2.13. The highest BCUT2D eigenvalue weighted by atomic mass is 19.4. The van der Waals surface area contributed by atoms with Crippen LogP contribution in [0, 0.1) is 0 Å². The normalized spacial score (nSPS) is 11.9. The van der Waals surface area contributed by atoms with Crippen molar-refractivity contribution in [2.75, 3.05) is 0 Å². The molecule has 0 saturated heterocycles. The summed E-state index contributed by atoms with van der Waals surface area (Å²) in [6.07, 6.45) is 0.695. The second-order valence-electron chi connectivity index (χ2n) is 3.91. The molecule has 0 aliphatic carbocycles. The van der Waals surface area contributed by atoms with E-state index in [0.717, 1.165) is 0 Å². The van der Waals surface area contributed by atoms with Crippen LogP contribution >= 0.6 is 0 Å². The third kappa shape index (κ3) is 1.92. The summed E-state index contributed by atoms with van der Waals surface area (Å²) >= 11 is 0. The Bertz CT molecular complexity index is 719.